The third-order valence-electron chi connectivity index (χ3n) is 2.00. The van der Waals surface area contributed by atoms with E-state index in [4.69, 9.17) is 0 Å². The van der Waals surface area contributed by atoms with Gasteiger partial charge in [0.15, 0.2) is 0 Å². The minimum Gasteiger partial charge on any atom is -0.308 e. The Morgan fingerprint density at radius 1 is 1.43 bits per heavy atom. The lowest BCUT2D eigenvalue weighted by Gasteiger charge is -2.17. The molecule has 80 valence electrons. The molecule has 0 bridgehead atoms. The highest BCUT2D eigenvalue weighted by atomic mass is 16.6. The van der Waals surface area contributed by atoms with Gasteiger partial charge in [-0.1, -0.05) is 10.3 Å². The molecule has 1 heterocycles. The lowest BCUT2D eigenvalue weighted by atomic mass is 10.3. The minimum absolute atomic E-state index is 0.432. The average molecular weight is 198 g/mol. The highest BCUT2D eigenvalue weighted by Crippen LogP contribution is 1.99. The molecule has 0 saturated carbocycles. The van der Waals surface area contributed by atoms with Crippen LogP contribution in [0.1, 0.15) is 18.3 Å². The lowest BCUT2D eigenvalue weighted by Crippen LogP contribution is -2.35. The fraction of sp³-hybridized carbons (Fsp3) is 0.778. The predicted molar refractivity (Wildman–Crippen MR) is 53.9 cm³/mol. The SMILES string of the molecule is Cc1nonc1CNC(C)CN(C)C. The Bertz CT molecular complexity index is 272. The van der Waals surface area contributed by atoms with Crippen molar-refractivity contribution in [2.75, 3.05) is 20.6 Å². The number of nitrogens with one attached hydrogen (secondary N) is 1. The first kappa shape index (κ1) is 11.1. The van der Waals surface area contributed by atoms with Gasteiger partial charge in [0.1, 0.15) is 11.4 Å². The van der Waals surface area contributed by atoms with Gasteiger partial charge in [0.05, 0.1) is 0 Å². The molecule has 14 heavy (non-hydrogen) atoms. The van der Waals surface area contributed by atoms with E-state index in [0.717, 1.165) is 17.9 Å². The van der Waals surface area contributed by atoms with E-state index < -0.39 is 0 Å². The van der Waals surface area contributed by atoms with E-state index >= 15 is 0 Å². The topological polar surface area (TPSA) is 54.2 Å². The van der Waals surface area contributed by atoms with Gasteiger partial charge in [-0.15, -0.1) is 0 Å². The molecule has 1 unspecified atom stereocenters. The lowest BCUT2D eigenvalue weighted by molar-refractivity contribution is 0.298. The first-order valence-electron chi connectivity index (χ1n) is 4.75. The van der Waals surface area contributed by atoms with Crippen molar-refractivity contribution >= 4 is 0 Å². The second-order valence-electron chi connectivity index (χ2n) is 3.84. The number of hydrogen-bond acceptors (Lipinski definition) is 5. The number of likely N-dealkylation sites (N-methyl/N-ethyl adjacent to an activating group) is 1. The third-order valence-corrected chi connectivity index (χ3v) is 2.00. The summed E-state index contributed by atoms with van der Waals surface area (Å²) < 4.78 is 4.61. The van der Waals surface area contributed by atoms with E-state index in [-0.39, 0.29) is 0 Å². The second kappa shape index (κ2) is 5.07. The zero-order valence-electron chi connectivity index (χ0n) is 9.24. The fourth-order valence-corrected chi connectivity index (χ4v) is 1.29. The van der Waals surface area contributed by atoms with Crippen LogP contribution in [0.4, 0.5) is 0 Å². The molecule has 5 nitrogen and oxygen atoms in total. The summed E-state index contributed by atoms with van der Waals surface area (Å²) in [6.45, 7) is 5.75. The molecular weight excluding hydrogens is 180 g/mol. The monoisotopic (exact) mass is 198 g/mol. The van der Waals surface area contributed by atoms with E-state index in [1.54, 1.807) is 0 Å². The van der Waals surface area contributed by atoms with Crippen molar-refractivity contribution < 1.29 is 4.63 Å². The molecule has 1 N–H and O–H groups in total. The number of aromatic nitrogens is 2. The maximum atomic E-state index is 4.61. The fourth-order valence-electron chi connectivity index (χ4n) is 1.29. The Balaban J connectivity index is 2.30. The quantitative estimate of drug-likeness (QED) is 0.743. The van der Waals surface area contributed by atoms with Crippen LogP contribution in [0.3, 0.4) is 0 Å². The zero-order valence-corrected chi connectivity index (χ0v) is 9.24. The van der Waals surface area contributed by atoms with Crippen molar-refractivity contribution in [3.8, 4) is 0 Å². The first-order chi connectivity index (χ1) is 6.59. The Kier molecular flexibility index (Phi) is 4.03. The van der Waals surface area contributed by atoms with Gasteiger partial charge < -0.3 is 10.2 Å². The van der Waals surface area contributed by atoms with Gasteiger partial charge in [-0.25, -0.2) is 4.63 Å². The van der Waals surface area contributed by atoms with E-state index in [9.17, 15) is 0 Å². The largest absolute Gasteiger partial charge is 0.308 e. The number of rotatable bonds is 5. The van der Waals surface area contributed by atoms with Crippen molar-refractivity contribution in [3.63, 3.8) is 0 Å². The molecule has 0 aliphatic heterocycles. The summed E-state index contributed by atoms with van der Waals surface area (Å²) in [6.07, 6.45) is 0. The maximum absolute atomic E-state index is 4.61. The summed E-state index contributed by atoms with van der Waals surface area (Å²) in [4.78, 5) is 2.14. The summed E-state index contributed by atoms with van der Waals surface area (Å²) in [5, 5.41) is 10.9. The standard InChI is InChI=1S/C9H18N4O/c1-7(6-13(3)4)10-5-9-8(2)11-14-12-9/h7,10H,5-6H2,1-4H3. The van der Waals surface area contributed by atoms with Crippen LogP contribution >= 0.6 is 0 Å². The zero-order chi connectivity index (χ0) is 10.6. The molecule has 1 atom stereocenters. The van der Waals surface area contributed by atoms with Crippen molar-refractivity contribution in [1.29, 1.82) is 0 Å². The molecule has 0 fully saturated rings. The molecule has 0 aromatic carbocycles. The Morgan fingerprint density at radius 3 is 2.64 bits per heavy atom. The van der Waals surface area contributed by atoms with Crippen molar-refractivity contribution in [3.05, 3.63) is 11.4 Å². The molecule has 0 radical (unpaired) electrons. The van der Waals surface area contributed by atoms with Crippen LogP contribution < -0.4 is 5.32 Å². The molecule has 0 spiro atoms. The van der Waals surface area contributed by atoms with Crippen LogP contribution in [-0.4, -0.2) is 41.9 Å². The number of aryl methyl sites for hydroxylation is 1. The van der Waals surface area contributed by atoms with Gasteiger partial charge >= 0.3 is 0 Å². The number of hydrogen-bond donors (Lipinski definition) is 1. The Morgan fingerprint density at radius 2 is 2.14 bits per heavy atom. The van der Waals surface area contributed by atoms with Gasteiger partial charge in [0.25, 0.3) is 0 Å². The van der Waals surface area contributed by atoms with Crippen LogP contribution in [0.15, 0.2) is 4.63 Å². The second-order valence-corrected chi connectivity index (χ2v) is 3.84. The molecule has 0 aliphatic carbocycles. The van der Waals surface area contributed by atoms with E-state index in [1.807, 2.05) is 6.92 Å². The van der Waals surface area contributed by atoms with Crippen molar-refractivity contribution in [2.45, 2.75) is 26.4 Å². The van der Waals surface area contributed by atoms with Crippen LogP contribution in [-0.2, 0) is 6.54 Å². The summed E-state index contributed by atoms with van der Waals surface area (Å²) in [5.74, 6) is 0. The van der Waals surface area contributed by atoms with Gasteiger partial charge in [-0.05, 0) is 27.9 Å². The van der Waals surface area contributed by atoms with Crippen molar-refractivity contribution in [1.82, 2.24) is 20.5 Å². The van der Waals surface area contributed by atoms with Gasteiger partial charge in [-0.3, -0.25) is 0 Å². The van der Waals surface area contributed by atoms with Crippen LogP contribution in [0, 0.1) is 6.92 Å². The van der Waals surface area contributed by atoms with E-state index in [0.29, 0.717) is 12.6 Å². The van der Waals surface area contributed by atoms with E-state index in [1.165, 1.54) is 0 Å². The Hall–Kier alpha value is -0.940. The predicted octanol–water partition coefficient (Wildman–Crippen LogP) is 0.418. The van der Waals surface area contributed by atoms with Gasteiger partial charge in [0.2, 0.25) is 0 Å². The van der Waals surface area contributed by atoms with Crippen LogP contribution in [0.2, 0.25) is 0 Å². The number of nitrogens with zero attached hydrogens (tertiary/aromatic N) is 3. The summed E-state index contributed by atoms with van der Waals surface area (Å²) >= 11 is 0. The summed E-state index contributed by atoms with van der Waals surface area (Å²) in [5.41, 5.74) is 1.74. The molecule has 0 amide bonds. The third kappa shape index (κ3) is 3.43. The normalized spacial score (nSPS) is 13.5. The Labute approximate surface area is 84.4 Å². The molecule has 0 aliphatic rings. The molecule has 1 rings (SSSR count). The minimum atomic E-state index is 0.432. The van der Waals surface area contributed by atoms with Crippen molar-refractivity contribution in [2.24, 2.45) is 0 Å². The maximum Gasteiger partial charge on any atom is 0.121 e. The molecule has 1 aromatic rings. The molecule has 0 saturated heterocycles. The van der Waals surface area contributed by atoms with E-state index in [2.05, 4.69) is 46.2 Å². The average Bonchev–Trinajstić information content (AvgIpc) is 2.46. The molecule has 1 aromatic heterocycles. The molecular formula is C9H18N4O. The summed E-state index contributed by atoms with van der Waals surface area (Å²) in [7, 11) is 4.11. The van der Waals surface area contributed by atoms with Gasteiger partial charge in [0, 0.05) is 19.1 Å². The highest BCUT2D eigenvalue weighted by molar-refractivity contribution is 5.03. The van der Waals surface area contributed by atoms with Gasteiger partial charge in [-0.2, -0.15) is 0 Å². The smallest absolute Gasteiger partial charge is 0.121 e. The first-order valence-corrected chi connectivity index (χ1v) is 4.75. The molecule has 5 heteroatoms. The van der Waals surface area contributed by atoms with Crippen LogP contribution in [0.25, 0.3) is 0 Å². The summed E-state index contributed by atoms with van der Waals surface area (Å²) in [6, 6.07) is 0.432. The van der Waals surface area contributed by atoms with Crippen LogP contribution in [0.5, 0.6) is 0 Å². The highest BCUT2D eigenvalue weighted by Gasteiger charge is 2.07.